The number of urea groups is 1. The van der Waals surface area contributed by atoms with Crippen LogP contribution in [0.4, 0.5) is 19.3 Å². The molecule has 0 unspecified atom stereocenters. The van der Waals surface area contributed by atoms with E-state index in [9.17, 15) is 13.6 Å². The zero-order valence-electron chi connectivity index (χ0n) is 13.4. The molecule has 3 rings (SSSR count). The molecule has 2 amide bonds. The van der Waals surface area contributed by atoms with Crippen molar-refractivity contribution >= 4 is 23.3 Å². The van der Waals surface area contributed by atoms with Gasteiger partial charge < -0.3 is 24.8 Å². The van der Waals surface area contributed by atoms with Crippen molar-refractivity contribution in [3.63, 3.8) is 0 Å². The summed E-state index contributed by atoms with van der Waals surface area (Å²) in [7, 11) is 0. The third kappa shape index (κ3) is 4.66. The lowest BCUT2D eigenvalue weighted by Gasteiger charge is -2.10. The number of amides is 2. The fourth-order valence-corrected chi connectivity index (χ4v) is 2.59. The normalized spacial score (nSPS) is 12.2. The fourth-order valence-electron chi connectivity index (χ4n) is 2.36. The maximum atomic E-state index is 12.2. The zero-order chi connectivity index (χ0) is 18.5. The van der Waals surface area contributed by atoms with Crippen molar-refractivity contribution in [2.75, 3.05) is 18.7 Å². The molecule has 0 fully saturated rings. The first kappa shape index (κ1) is 18.1. The van der Waals surface area contributed by atoms with Gasteiger partial charge in [-0.25, -0.2) is 4.79 Å². The Kier molecular flexibility index (Phi) is 5.62. The van der Waals surface area contributed by atoms with Gasteiger partial charge in [0.05, 0.1) is 5.02 Å². The maximum absolute atomic E-state index is 12.2. The molecule has 9 heteroatoms. The minimum Gasteiger partial charge on any atom is -0.454 e. The number of carbonyl (C=O) groups excluding carboxylic acids is 1. The number of rotatable bonds is 6. The van der Waals surface area contributed by atoms with E-state index in [0.717, 1.165) is 5.56 Å². The molecule has 0 atom stereocenters. The molecule has 0 bridgehead atoms. The van der Waals surface area contributed by atoms with Gasteiger partial charge in [0.15, 0.2) is 11.5 Å². The third-order valence-corrected chi connectivity index (χ3v) is 3.84. The number of ether oxygens (including phenoxy) is 3. The minimum absolute atomic E-state index is 0.0246. The van der Waals surface area contributed by atoms with Crippen LogP contribution in [0.3, 0.4) is 0 Å². The Hall–Kier alpha value is -2.74. The lowest BCUT2D eigenvalue weighted by Crippen LogP contribution is -2.30. The van der Waals surface area contributed by atoms with Crippen molar-refractivity contribution in [3.8, 4) is 17.2 Å². The van der Waals surface area contributed by atoms with Crippen LogP contribution in [-0.2, 0) is 6.42 Å². The van der Waals surface area contributed by atoms with Gasteiger partial charge in [-0.2, -0.15) is 8.78 Å². The summed E-state index contributed by atoms with van der Waals surface area (Å²) in [6.45, 7) is -2.36. The van der Waals surface area contributed by atoms with E-state index in [-0.39, 0.29) is 17.6 Å². The Morgan fingerprint density at radius 1 is 1.19 bits per heavy atom. The number of nitrogens with one attached hydrogen (secondary N) is 2. The Bertz CT molecular complexity index is 804. The van der Waals surface area contributed by atoms with Gasteiger partial charge in [0.1, 0.15) is 5.75 Å². The standard InChI is InChI=1S/C17H15ClF2N2O4/c18-12-8-11(2-4-13(12)26-16(19)20)22-17(23)21-6-5-10-1-3-14-15(7-10)25-9-24-14/h1-4,7-8,16H,5-6,9H2,(H2,21,22,23). The van der Waals surface area contributed by atoms with Crippen LogP contribution < -0.4 is 24.8 Å². The predicted molar refractivity (Wildman–Crippen MR) is 91.4 cm³/mol. The van der Waals surface area contributed by atoms with Crippen LogP contribution in [0.5, 0.6) is 17.2 Å². The molecule has 2 aromatic rings. The average molecular weight is 385 g/mol. The second-order valence-electron chi connectivity index (χ2n) is 5.34. The number of benzene rings is 2. The summed E-state index contributed by atoms with van der Waals surface area (Å²) >= 11 is 5.84. The molecule has 0 saturated carbocycles. The van der Waals surface area contributed by atoms with Crippen LogP contribution in [0.25, 0.3) is 0 Å². The highest BCUT2D eigenvalue weighted by Crippen LogP contribution is 2.32. The summed E-state index contributed by atoms with van der Waals surface area (Å²) in [5, 5.41) is 5.24. The molecule has 0 aliphatic carbocycles. The highest BCUT2D eigenvalue weighted by Gasteiger charge is 2.13. The first-order chi connectivity index (χ1) is 12.5. The number of hydrogen-bond donors (Lipinski definition) is 2. The molecule has 0 saturated heterocycles. The summed E-state index contributed by atoms with van der Waals surface area (Å²) < 4.78 is 39.2. The molecule has 2 aromatic carbocycles. The highest BCUT2D eigenvalue weighted by molar-refractivity contribution is 6.32. The van der Waals surface area contributed by atoms with Gasteiger partial charge in [-0.3, -0.25) is 0 Å². The summed E-state index contributed by atoms with van der Waals surface area (Å²) in [6.07, 6.45) is 0.603. The Morgan fingerprint density at radius 2 is 2.00 bits per heavy atom. The minimum atomic E-state index is -2.97. The van der Waals surface area contributed by atoms with E-state index in [1.54, 1.807) is 0 Å². The van der Waals surface area contributed by atoms with E-state index < -0.39 is 12.6 Å². The van der Waals surface area contributed by atoms with Crippen LogP contribution in [0, 0.1) is 0 Å². The number of hydrogen-bond acceptors (Lipinski definition) is 4. The van der Waals surface area contributed by atoms with E-state index in [1.807, 2.05) is 18.2 Å². The first-order valence-electron chi connectivity index (χ1n) is 7.69. The topological polar surface area (TPSA) is 68.8 Å². The second-order valence-corrected chi connectivity index (χ2v) is 5.75. The highest BCUT2D eigenvalue weighted by atomic mass is 35.5. The van der Waals surface area contributed by atoms with Gasteiger partial charge in [-0.05, 0) is 42.3 Å². The van der Waals surface area contributed by atoms with Gasteiger partial charge in [-0.1, -0.05) is 17.7 Å². The van der Waals surface area contributed by atoms with E-state index in [4.69, 9.17) is 21.1 Å². The first-order valence-corrected chi connectivity index (χ1v) is 8.07. The molecule has 1 aliphatic heterocycles. The monoisotopic (exact) mass is 384 g/mol. The molecule has 1 aliphatic rings. The fraction of sp³-hybridized carbons (Fsp3) is 0.235. The molecule has 1 heterocycles. The van der Waals surface area contributed by atoms with Crippen molar-refractivity contribution in [2.45, 2.75) is 13.0 Å². The second kappa shape index (κ2) is 8.09. The van der Waals surface area contributed by atoms with E-state index >= 15 is 0 Å². The Labute approximate surface area is 153 Å². The van der Waals surface area contributed by atoms with Gasteiger partial charge >= 0.3 is 12.6 Å². The number of carbonyl (C=O) groups is 1. The van der Waals surface area contributed by atoms with E-state index in [2.05, 4.69) is 15.4 Å². The Balaban J connectivity index is 1.47. The summed E-state index contributed by atoms with van der Waals surface area (Å²) in [5.41, 5.74) is 1.35. The lowest BCUT2D eigenvalue weighted by atomic mass is 10.1. The van der Waals surface area contributed by atoms with Crippen LogP contribution in [0.1, 0.15) is 5.56 Å². The quantitative estimate of drug-likeness (QED) is 0.788. The predicted octanol–water partition coefficient (Wildman–Crippen LogP) is 4.03. The molecule has 138 valence electrons. The van der Waals surface area contributed by atoms with Crippen molar-refractivity contribution in [2.24, 2.45) is 0 Å². The van der Waals surface area contributed by atoms with E-state index in [0.29, 0.717) is 30.2 Å². The Morgan fingerprint density at radius 3 is 2.77 bits per heavy atom. The van der Waals surface area contributed by atoms with Crippen LogP contribution in [0.2, 0.25) is 5.02 Å². The van der Waals surface area contributed by atoms with Gasteiger partial charge in [0.2, 0.25) is 6.79 Å². The number of fused-ring (bicyclic) bond motifs is 1. The van der Waals surface area contributed by atoms with Crippen LogP contribution in [-0.4, -0.2) is 26.0 Å². The van der Waals surface area contributed by atoms with Gasteiger partial charge in [-0.15, -0.1) is 0 Å². The molecular weight excluding hydrogens is 370 g/mol. The lowest BCUT2D eigenvalue weighted by molar-refractivity contribution is -0.0497. The third-order valence-electron chi connectivity index (χ3n) is 3.54. The SMILES string of the molecule is O=C(NCCc1ccc2c(c1)OCO2)Nc1ccc(OC(F)F)c(Cl)c1. The maximum Gasteiger partial charge on any atom is 0.387 e. The molecule has 2 N–H and O–H groups in total. The molecule has 0 aromatic heterocycles. The van der Waals surface area contributed by atoms with Crippen molar-refractivity contribution in [1.29, 1.82) is 0 Å². The molecule has 6 nitrogen and oxygen atoms in total. The average Bonchev–Trinajstić information content (AvgIpc) is 3.05. The summed E-state index contributed by atoms with van der Waals surface area (Å²) in [6, 6.07) is 9.15. The zero-order valence-corrected chi connectivity index (χ0v) is 14.2. The van der Waals surface area contributed by atoms with Gasteiger partial charge in [0, 0.05) is 12.2 Å². The largest absolute Gasteiger partial charge is 0.454 e. The number of anilines is 1. The van der Waals surface area contributed by atoms with E-state index in [1.165, 1.54) is 18.2 Å². The van der Waals surface area contributed by atoms with Crippen molar-refractivity contribution < 1.29 is 27.8 Å². The van der Waals surface area contributed by atoms with Crippen molar-refractivity contribution in [1.82, 2.24) is 5.32 Å². The molecular formula is C17H15ClF2N2O4. The van der Waals surface area contributed by atoms with Gasteiger partial charge in [0.25, 0.3) is 0 Å². The van der Waals surface area contributed by atoms with Crippen molar-refractivity contribution in [3.05, 3.63) is 47.0 Å². The molecule has 0 radical (unpaired) electrons. The molecule has 26 heavy (non-hydrogen) atoms. The number of alkyl halides is 2. The molecule has 0 spiro atoms. The van der Waals surface area contributed by atoms with Crippen LogP contribution >= 0.6 is 11.6 Å². The van der Waals surface area contributed by atoms with Crippen LogP contribution in [0.15, 0.2) is 36.4 Å². The number of halogens is 3. The summed E-state index contributed by atoms with van der Waals surface area (Å²) in [4.78, 5) is 11.9. The summed E-state index contributed by atoms with van der Waals surface area (Å²) in [5.74, 6) is 1.23. The smallest absolute Gasteiger partial charge is 0.387 e.